The third-order valence-corrected chi connectivity index (χ3v) is 8.75. The Balaban J connectivity index is 1.17. The number of esters is 1. The lowest BCUT2D eigenvalue weighted by Gasteiger charge is -2.27. The van der Waals surface area contributed by atoms with Gasteiger partial charge < -0.3 is 20.1 Å². The van der Waals surface area contributed by atoms with E-state index in [1.54, 1.807) is 18.2 Å². The smallest absolute Gasteiger partial charge is 0.341 e. The first-order valence-electron chi connectivity index (χ1n) is 13.5. The van der Waals surface area contributed by atoms with Crippen LogP contribution in [0.1, 0.15) is 26.4 Å². The Morgan fingerprint density at radius 1 is 0.929 bits per heavy atom. The first-order valence-corrected chi connectivity index (χ1v) is 15.3. The van der Waals surface area contributed by atoms with Crippen molar-refractivity contribution >= 4 is 51.6 Å². The maximum Gasteiger partial charge on any atom is 0.341 e. The highest BCUT2D eigenvalue weighted by atomic mass is 32.2. The molecule has 42 heavy (non-hydrogen) atoms. The lowest BCUT2D eigenvalue weighted by Crippen LogP contribution is -2.29. The zero-order valence-electron chi connectivity index (χ0n) is 23.1. The zero-order chi connectivity index (χ0) is 29.3. The Morgan fingerprint density at radius 3 is 2.45 bits per heavy atom. The summed E-state index contributed by atoms with van der Waals surface area (Å²) in [6.45, 7) is 2.24. The molecule has 0 bridgehead atoms. The van der Waals surface area contributed by atoms with Gasteiger partial charge in [0.25, 0.3) is 5.91 Å². The molecule has 0 saturated heterocycles. The quantitative estimate of drug-likeness (QED) is 0.165. The van der Waals surface area contributed by atoms with Gasteiger partial charge in [0.15, 0.2) is 6.61 Å². The Bertz CT molecular complexity index is 1540. The number of carbonyl (C=O) groups is 3. The number of hydrogen-bond donors (Lipinski definition) is 2. The van der Waals surface area contributed by atoms with Gasteiger partial charge in [0.05, 0.1) is 18.4 Å². The van der Waals surface area contributed by atoms with Crippen LogP contribution < -0.4 is 15.4 Å². The zero-order valence-corrected chi connectivity index (χ0v) is 24.8. The van der Waals surface area contributed by atoms with Crippen molar-refractivity contribution < 1.29 is 23.9 Å². The molecule has 1 aliphatic rings. The molecule has 8 nitrogen and oxygen atoms in total. The van der Waals surface area contributed by atoms with Crippen molar-refractivity contribution in [3.8, 4) is 5.75 Å². The summed E-state index contributed by atoms with van der Waals surface area (Å²) in [4.78, 5) is 42.3. The number of carbonyl (C=O) groups excluding carboxylic acids is 3. The first-order chi connectivity index (χ1) is 20.5. The molecule has 4 aromatic rings. The second-order valence-electron chi connectivity index (χ2n) is 9.66. The molecule has 10 heteroatoms. The van der Waals surface area contributed by atoms with Crippen LogP contribution in [0.15, 0.2) is 89.8 Å². The second kappa shape index (κ2) is 14.2. The van der Waals surface area contributed by atoms with E-state index in [-0.39, 0.29) is 24.2 Å². The van der Waals surface area contributed by atoms with Gasteiger partial charge in [-0.25, -0.2) is 4.79 Å². The number of nitrogens with zero attached hydrogens (tertiary/aromatic N) is 1. The van der Waals surface area contributed by atoms with Gasteiger partial charge >= 0.3 is 5.97 Å². The van der Waals surface area contributed by atoms with Crippen LogP contribution in [-0.2, 0) is 33.8 Å². The van der Waals surface area contributed by atoms with Gasteiger partial charge in [-0.1, -0.05) is 54.6 Å². The highest BCUT2D eigenvalue weighted by molar-refractivity contribution is 8.00. The largest absolute Gasteiger partial charge is 0.484 e. The van der Waals surface area contributed by atoms with Crippen molar-refractivity contribution in [1.82, 2.24) is 4.90 Å². The van der Waals surface area contributed by atoms with E-state index in [0.29, 0.717) is 35.0 Å². The number of thiophene rings is 1. The van der Waals surface area contributed by atoms with Crippen LogP contribution in [0.2, 0.25) is 0 Å². The molecule has 0 spiro atoms. The molecule has 5 rings (SSSR count). The second-order valence-corrected chi connectivity index (χ2v) is 11.8. The minimum Gasteiger partial charge on any atom is -0.484 e. The molecule has 0 saturated carbocycles. The number of methoxy groups -OCH3 is 1. The van der Waals surface area contributed by atoms with Crippen LogP contribution in [0, 0.1) is 0 Å². The SMILES string of the molecule is COC(=O)c1c(NC(=O)CSc2cccc(NC(=O)COc3ccccc3)c2)sc2c1CCN(Cc1ccccc1)C2. The molecule has 216 valence electrons. The Morgan fingerprint density at radius 2 is 1.69 bits per heavy atom. The van der Waals surface area contributed by atoms with Gasteiger partial charge in [0.2, 0.25) is 5.91 Å². The highest BCUT2D eigenvalue weighted by Crippen LogP contribution is 2.38. The van der Waals surface area contributed by atoms with Gasteiger partial charge in [0.1, 0.15) is 10.8 Å². The summed E-state index contributed by atoms with van der Waals surface area (Å²) in [7, 11) is 1.36. The van der Waals surface area contributed by atoms with E-state index in [1.165, 1.54) is 35.8 Å². The number of para-hydroxylation sites is 1. The summed E-state index contributed by atoms with van der Waals surface area (Å²) in [6, 6.07) is 26.7. The van der Waals surface area contributed by atoms with Crippen LogP contribution in [-0.4, -0.2) is 48.7 Å². The predicted octanol–water partition coefficient (Wildman–Crippen LogP) is 5.84. The maximum absolute atomic E-state index is 13.0. The van der Waals surface area contributed by atoms with E-state index < -0.39 is 5.97 Å². The molecule has 0 radical (unpaired) electrons. The first kappa shape index (κ1) is 29.4. The van der Waals surface area contributed by atoms with E-state index in [1.807, 2.05) is 54.6 Å². The van der Waals surface area contributed by atoms with Crippen molar-refractivity contribution in [1.29, 1.82) is 0 Å². The van der Waals surface area contributed by atoms with E-state index in [9.17, 15) is 14.4 Å². The van der Waals surface area contributed by atoms with Gasteiger partial charge in [-0.05, 0) is 47.9 Å². The number of rotatable bonds is 11. The molecule has 0 aliphatic carbocycles. The average Bonchev–Trinajstić information content (AvgIpc) is 3.36. The summed E-state index contributed by atoms with van der Waals surface area (Å²) in [5.74, 6) is -0.188. The van der Waals surface area contributed by atoms with E-state index in [0.717, 1.165) is 28.4 Å². The molecule has 0 atom stereocenters. The van der Waals surface area contributed by atoms with Crippen molar-refractivity contribution in [2.24, 2.45) is 0 Å². The van der Waals surface area contributed by atoms with Crippen LogP contribution >= 0.6 is 23.1 Å². The molecule has 0 fully saturated rings. The van der Waals surface area contributed by atoms with Crippen LogP contribution in [0.5, 0.6) is 5.75 Å². The van der Waals surface area contributed by atoms with Crippen molar-refractivity contribution in [3.63, 3.8) is 0 Å². The van der Waals surface area contributed by atoms with Crippen molar-refractivity contribution in [2.75, 3.05) is 36.6 Å². The molecular weight excluding hydrogens is 571 g/mol. The molecule has 2 N–H and O–H groups in total. The van der Waals surface area contributed by atoms with E-state index >= 15 is 0 Å². The Kier molecular flexibility index (Phi) is 9.91. The van der Waals surface area contributed by atoms with E-state index in [4.69, 9.17) is 9.47 Å². The fourth-order valence-electron chi connectivity index (χ4n) is 4.68. The van der Waals surface area contributed by atoms with Gasteiger partial charge in [-0.2, -0.15) is 0 Å². The average molecular weight is 602 g/mol. The standard InChI is InChI=1S/C32H31N3O5S2/c1-39-32(38)30-26-15-16-35(18-22-9-4-2-5-10-22)19-27(26)42-31(30)34-29(37)21-41-25-14-8-11-23(17-25)33-28(36)20-40-24-12-6-3-7-13-24/h2-14,17H,15-16,18-21H2,1H3,(H,33,36)(H,34,37). The summed E-state index contributed by atoms with van der Waals surface area (Å²) < 4.78 is 10.6. The number of anilines is 2. The minimum atomic E-state index is -0.438. The third kappa shape index (κ3) is 7.79. The number of fused-ring (bicyclic) bond motifs is 1. The highest BCUT2D eigenvalue weighted by Gasteiger charge is 2.29. The van der Waals surface area contributed by atoms with Crippen LogP contribution in [0.4, 0.5) is 10.7 Å². The van der Waals surface area contributed by atoms with Crippen LogP contribution in [0.3, 0.4) is 0 Å². The molecular formula is C32H31N3O5S2. The third-order valence-electron chi connectivity index (χ3n) is 6.63. The van der Waals surface area contributed by atoms with Gasteiger partial charge in [0, 0.05) is 35.1 Å². The fraction of sp³-hybridized carbons (Fsp3) is 0.219. The van der Waals surface area contributed by atoms with Gasteiger partial charge in [-0.15, -0.1) is 23.1 Å². The molecule has 0 unspecified atom stereocenters. The molecule has 1 aliphatic heterocycles. The number of nitrogens with one attached hydrogen (secondary N) is 2. The monoisotopic (exact) mass is 601 g/mol. The fourth-order valence-corrected chi connectivity index (χ4v) is 6.73. The molecule has 2 amide bonds. The topological polar surface area (TPSA) is 97.0 Å². The van der Waals surface area contributed by atoms with Crippen molar-refractivity contribution in [2.45, 2.75) is 24.4 Å². The Hall–Kier alpha value is -4.12. The van der Waals surface area contributed by atoms with Crippen LogP contribution in [0.25, 0.3) is 0 Å². The summed E-state index contributed by atoms with van der Waals surface area (Å²) in [6.07, 6.45) is 0.711. The summed E-state index contributed by atoms with van der Waals surface area (Å²) >= 11 is 2.78. The molecule has 2 heterocycles. The summed E-state index contributed by atoms with van der Waals surface area (Å²) in [5.41, 5.74) is 3.26. The normalized spacial score (nSPS) is 12.7. The number of amides is 2. The lowest BCUT2D eigenvalue weighted by molar-refractivity contribution is -0.118. The number of benzene rings is 3. The summed E-state index contributed by atoms with van der Waals surface area (Å²) in [5, 5.41) is 6.30. The molecule has 1 aromatic heterocycles. The lowest BCUT2D eigenvalue weighted by atomic mass is 10.0. The molecule has 3 aromatic carbocycles. The predicted molar refractivity (Wildman–Crippen MR) is 166 cm³/mol. The van der Waals surface area contributed by atoms with Crippen molar-refractivity contribution in [3.05, 3.63) is 106 Å². The Labute approximate surface area is 253 Å². The minimum absolute atomic E-state index is 0.110. The maximum atomic E-state index is 13.0. The number of hydrogen-bond acceptors (Lipinski definition) is 8. The number of ether oxygens (including phenoxy) is 2. The van der Waals surface area contributed by atoms with Gasteiger partial charge in [-0.3, -0.25) is 14.5 Å². The number of thioether (sulfide) groups is 1. The van der Waals surface area contributed by atoms with E-state index in [2.05, 4.69) is 27.7 Å².